The Morgan fingerprint density at radius 3 is 2.92 bits per heavy atom. The highest BCUT2D eigenvalue weighted by molar-refractivity contribution is 6.32. The second-order valence-corrected chi connectivity index (χ2v) is 2.56. The third-order valence-electron chi connectivity index (χ3n) is 1.36. The summed E-state index contributed by atoms with van der Waals surface area (Å²) < 4.78 is 4.78. The molecule has 1 amide bonds. The maximum absolute atomic E-state index is 10.9. The van der Waals surface area contributed by atoms with Crippen LogP contribution in [-0.4, -0.2) is 23.2 Å². The molecule has 0 aliphatic carbocycles. The Kier molecular flexibility index (Phi) is 3.05. The second-order valence-electron chi connectivity index (χ2n) is 2.16. The fourth-order valence-corrected chi connectivity index (χ4v) is 1.01. The highest BCUT2D eigenvalue weighted by Gasteiger charge is 2.08. The van der Waals surface area contributed by atoms with E-state index in [2.05, 4.69) is 4.98 Å². The SMILES string of the molecule is COc1ncc(C(=O)NO)cc1Cl. The molecule has 0 aliphatic rings. The van der Waals surface area contributed by atoms with Crippen LogP contribution in [0.5, 0.6) is 5.88 Å². The number of hydroxylamine groups is 1. The van der Waals surface area contributed by atoms with Gasteiger partial charge in [-0.05, 0) is 6.07 Å². The molecule has 0 saturated carbocycles. The normalized spacial score (nSPS) is 9.46. The van der Waals surface area contributed by atoms with Crippen molar-refractivity contribution in [1.82, 2.24) is 10.5 Å². The third kappa shape index (κ3) is 2.07. The van der Waals surface area contributed by atoms with E-state index in [1.54, 1.807) is 0 Å². The first-order chi connectivity index (χ1) is 6.19. The Morgan fingerprint density at radius 1 is 1.77 bits per heavy atom. The van der Waals surface area contributed by atoms with Crippen molar-refractivity contribution in [3.05, 3.63) is 22.8 Å². The highest BCUT2D eigenvalue weighted by Crippen LogP contribution is 2.21. The number of nitrogens with zero attached hydrogens (tertiary/aromatic N) is 1. The quantitative estimate of drug-likeness (QED) is 0.551. The van der Waals surface area contributed by atoms with Crippen molar-refractivity contribution >= 4 is 17.5 Å². The van der Waals surface area contributed by atoms with Crippen molar-refractivity contribution in [3.8, 4) is 5.88 Å². The van der Waals surface area contributed by atoms with E-state index in [1.807, 2.05) is 0 Å². The van der Waals surface area contributed by atoms with E-state index in [-0.39, 0.29) is 16.5 Å². The van der Waals surface area contributed by atoms with Gasteiger partial charge in [0.2, 0.25) is 5.88 Å². The van der Waals surface area contributed by atoms with Crippen molar-refractivity contribution in [2.24, 2.45) is 0 Å². The fourth-order valence-electron chi connectivity index (χ4n) is 0.764. The zero-order valence-corrected chi connectivity index (χ0v) is 7.50. The van der Waals surface area contributed by atoms with Gasteiger partial charge in [0.25, 0.3) is 5.91 Å². The molecule has 1 aromatic heterocycles. The Bertz CT molecular complexity index is 330. The molecular weight excluding hydrogens is 196 g/mol. The summed E-state index contributed by atoms with van der Waals surface area (Å²) in [7, 11) is 1.42. The van der Waals surface area contributed by atoms with E-state index in [1.165, 1.54) is 24.9 Å². The molecule has 0 aromatic carbocycles. The molecule has 0 aliphatic heterocycles. The van der Waals surface area contributed by atoms with Crippen LogP contribution in [0.1, 0.15) is 10.4 Å². The number of methoxy groups -OCH3 is 1. The van der Waals surface area contributed by atoms with Gasteiger partial charge in [-0.25, -0.2) is 10.5 Å². The topological polar surface area (TPSA) is 71.5 Å². The molecule has 6 heteroatoms. The van der Waals surface area contributed by atoms with Crippen molar-refractivity contribution in [2.45, 2.75) is 0 Å². The summed E-state index contributed by atoms with van der Waals surface area (Å²) in [6, 6.07) is 1.35. The van der Waals surface area contributed by atoms with Crippen molar-refractivity contribution in [2.75, 3.05) is 7.11 Å². The molecule has 0 bridgehead atoms. The number of aromatic nitrogens is 1. The average Bonchev–Trinajstić information content (AvgIpc) is 2.16. The minimum atomic E-state index is -0.669. The molecule has 0 radical (unpaired) electrons. The number of carbonyl (C=O) groups excluding carboxylic acids is 1. The minimum absolute atomic E-state index is 0.160. The van der Waals surface area contributed by atoms with E-state index in [0.29, 0.717) is 0 Å². The number of rotatable bonds is 2. The maximum atomic E-state index is 10.9. The van der Waals surface area contributed by atoms with Gasteiger partial charge in [-0.3, -0.25) is 10.0 Å². The second kappa shape index (κ2) is 4.06. The lowest BCUT2D eigenvalue weighted by Crippen LogP contribution is -2.18. The van der Waals surface area contributed by atoms with Crippen molar-refractivity contribution < 1.29 is 14.7 Å². The number of hydrogen-bond acceptors (Lipinski definition) is 4. The van der Waals surface area contributed by atoms with Crippen LogP contribution in [0.4, 0.5) is 0 Å². The first kappa shape index (κ1) is 9.76. The summed E-state index contributed by atoms with van der Waals surface area (Å²) in [6.45, 7) is 0. The van der Waals surface area contributed by atoms with Crippen LogP contribution >= 0.6 is 11.6 Å². The summed E-state index contributed by atoms with van der Waals surface area (Å²) in [4.78, 5) is 14.6. The lowest BCUT2D eigenvalue weighted by molar-refractivity contribution is 0.0706. The van der Waals surface area contributed by atoms with Crippen LogP contribution in [0.25, 0.3) is 0 Å². The van der Waals surface area contributed by atoms with Crippen molar-refractivity contribution in [1.29, 1.82) is 0 Å². The summed E-state index contributed by atoms with van der Waals surface area (Å²) in [5, 5.41) is 8.52. The van der Waals surface area contributed by atoms with Crippen LogP contribution < -0.4 is 10.2 Å². The molecule has 0 fully saturated rings. The number of ether oxygens (including phenoxy) is 1. The molecular formula is C7H7ClN2O3. The first-order valence-electron chi connectivity index (χ1n) is 3.33. The van der Waals surface area contributed by atoms with E-state index in [4.69, 9.17) is 21.5 Å². The zero-order chi connectivity index (χ0) is 9.84. The number of pyridine rings is 1. The molecule has 2 N–H and O–H groups in total. The smallest absolute Gasteiger partial charge is 0.276 e. The average molecular weight is 203 g/mol. The fraction of sp³-hybridized carbons (Fsp3) is 0.143. The third-order valence-corrected chi connectivity index (χ3v) is 1.64. The molecule has 1 heterocycles. The Morgan fingerprint density at radius 2 is 2.46 bits per heavy atom. The molecule has 0 saturated heterocycles. The van der Waals surface area contributed by atoms with Crippen LogP contribution in [-0.2, 0) is 0 Å². The number of halogens is 1. The first-order valence-corrected chi connectivity index (χ1v) is 3.70. The van der Waals surface area contributed by atoms with E-state index in [0.717, 1.165) is 0 Å². The molecule has 1 aromatic rings. The predicted octanol–water partition coefficient (Wildman–Crippen LogP) is 0.863. The van der Waals surface area contributed by atoms with Crippen LogP contribution in [0.15, 0.2) is 12.3 Å². The largest absolute Gasteiger partial charge is 0.480 e. The molecule has 13 heavy (non-hydrogen) atoms. The lowest BCUT2D eigenvalue weighted by Gasteiger charge is -2.02. The van der Waals surface area contributed by atoms with E-state index >= 15 is 0 Å². The summed E-state index contributed by atoms with van der Waals surface area (Å²) in [6.07, 6.45) is 1.25. The highest BCUT2D eigenvalue weighted by atomic mass is 35.5. The molecule has 70 valence electrons. The van der Waals surface area contributed by atoms with Crippen LogP contribution in [0, 0.1) is 0 Å². The van der Waals surface area contributed by atoms with Gasteiger partial charge in [0.1, 0.15) is 5.02 Å². The van der Waals surface area contributed by atoms with Crippen LogP contribution in [0.3, 0.4) is 0 Å². The van der Waals surface area contributed by atoms with E-state index in [9.17, 15) is 4.79 Å². The van der Waals surface area contributed by atoms with Crippen molar-refractivity contribution in [3.63, 3.8) is 0 Å². The van der Waals surface area contributed by atoms with Gasteiger partial charge in [-0.2, -0.15) is 0 Å². The number of hydrogen-bond donors (Lipinski definition) is 2. The van der Waals surface area contributed by atoms with Gasteiger partial charge in [-0.15, -0.1) is 0 Å². The maximum Gasteiger partial charge on any atom is 0.276 e. The lowest BCUT2D eigenvalue weighted by atomic mass is 10.3. The molecule has 0 atom stereocenters. The predicted molar refractivity (Wildman–Crippen MR) is 45.1 cm³/mol. The van der Waals surface area contributed by atoms with Gasteiger partial charge in [0, 0.05) is 6.20 Å². The van der Waals surface area contributed by atoms with Gasteiger partial charge in [0.05, 0.1) is 12.7 Å². The Labute approximate surface area is 79.3 Å². The summed E-state index contributed by atoms with van der Waals surface area (Å²) in [5.41, 5.74) is 1.63. The minimum Gasteiger partial charge on any atom is -0.480 e. The van der Waals surface area contributed by atoms with Gasteiger partial charge in [0.15, 0.2) is 0 Å². The molecule has 0 spiro atoms. The molecule has 0 unspecified atom stereocenters. The van der Waals surface area contributed by atoms with Gasteiger partial charge >= 0.3 is 0 Å². The molecule has 1 rings (SSSR count). The Hall–Kier alpha value is -1.33. The number of carbonyl (C=O) groups is 1. The molecule has 5 nitrogen and oxygen atoms in total. The summed E-state index contributed by atoms with van der Waals surface area (Å²) >= 11 is 5.68. The Balaban J connectivity index is 3.02. The zero-order valence-electron chi connectivity index (χ0n) is 6.74. The standard InChI is InChI=1S/C7H7ClN2O3/c1-13-7-5(8)2-4(3-9-7)6(11)10-12/h2-3,12H,1H3,(H,10,11). The van der Waals surface area contributed by atoms with Gasteiger partial charge in [-0.1, -0.05) is 11.6 Å². The van der Waals surface area contributed by atoms with Crippen LogP contribution in [0.2, 0.25) is 5.02 Å². The monoisotopic (exact) mass is 202 g/mol. The summed E-state index contributed by atoms with van der Waals surface area (Å²) in [5.74, 6) is -0.437. The van der Waals surface area contributed by atoms with E-state index < -0.39 is 5.91 Å². The number of amides is 1. The van der Waals surface area contributed by atoms with Gasteiger partial charge < -0.3 is 4.74 Å². The number of nitrogens with one attached hydrogen (secondary N) is 1.